The summed E-state index contributed by atoms with van der Waals surface area (Å²) < 4.78 is 5.41. The van der Waals surface area contributed by atoms with Crippen molar-refractivity contribution in [1.29, 1.82) is 0 Å². The number of carbonyl (C=O) groups is 1. The maximum Gasteiger partial charge on any atom is 0.227 e. The van der Waals surface area contributed by atoms with Crippen molar-refractivity contribution < 1.29 is 9.53 Å². The number of carbonyl (C=O) groups excluding carboxylic acids is 1. The average Bonchev–Trinajstić information content (AvgIpc) is 2.43. The van der Waals surface area contributed by atoms with Crippen LogP contribution in [0.4, 0.5) is 0 Å². The summed E-state index contributed by atoms with van der Waals surface area (Å²) in [6.45, 7) is 6.13. The summed E-state index contributed by atoms with van der Waals surface area (Å²) in [6, 6.07) is 6.40. The molecular weight excluding hydrogens is 306 g/mol. The largest absolute Gasteiger partial charge is 0.377 e. The van der Waals surface area contributed by atoms with Crippen LogP contribution < -0.4 is 0 Å². The van der Waals surface area contributed by atoms with Gasteiger partial charge >= 0.3 is 0 Å². The number of amides is 1. The summed E-state index contributed by atoms with van der Waals surface area (Å²) in [7, 11) is 0. The summed E-state index contributed by atoms with van der Waals surface area (Å²) >= 11 is 3.45. The second kappa shape index (κ2) is 6.53. The quantitative estimate of drug-likeness (QED) is 0.799. The highest BCUT2D eigenvalue weighted by molar-refractivity contribution is 9.09. The Morgan fingerprint density at radius 1 is 1.42 bits per heavy atom. The van der Waals surface area contributed by atoms with E-state index >= 15 is 0 Å². The van der Waals surface area contributed by atoms with Crippen LogP contribution in [0.25, 0.3) is 0 Å². The topological polar surface area (TPSA) is 29.5 Å². The Hall–Kier alpha value is -0.870. The second-order valence-electron chi connectivity index (χ2n) is 5.07. The molecule has 19 heavy (non-hydrogen) atoms. The maximum atomic E-state index is 12.4. The standard InChI is InChI=1S/C15H20BrNO2/c1-11-3-4-13(7-12(11)2)8-15(18)17-5-6-19-10-14(17)9-16/h3-4,7,14H,5-6,8-10H2,1-2H3. The Labute approximate surface area is 123 Å². The Balaban J connectivity index is 2.05. The van der Waals surface area contributed by atoms with Crippen LogP contribution in [0.15, 0.2) is 18.2 Å². The molecule has 1 aromatic rings. The zero-order valence-electron chi connectivity index (χ0n) is 11.5. The number of hydrogen-bond acceptors (Lipinski definition) is 2. The fourth-order valence-electron chi connectivity index (χ4n) is 2.30. The number of hydrogen-bond donors (Lipinski definition) is 0. The van der Waals surface area contributed by atoms with E-state index in [1.165, 1.54) is 11.1 Å². The number of alkyl halides is 1. The molecule has 104 valence electrons. The predicted molar refractivity (Wildman–Crippen MR) is 79.7 cm³/mol. The number of morpholine rings is 1. The van der Waals surface area contributed by atoms with Gasteiger partial charge in [-0.2, -0.15) is 0 Å². The van der Waals surface area contributed by atoms with Gasteiger partial charge in [0.05, 0.1) is 25.7 Å². The van der Waals surface area contributed by atoms with E-state index in [1.54, 1.807) is 0 Å². The van der Waals surface area contributed by atoms with E-state index in [1.807, 2.05) is 11.0 Å². The van der Waals surface area contributed by atoms with Crippen LogP contribution in [0.3, 0.4) is 0 Å². The monoisotopic (exact) mass is 325 g/mol. The van der Waals surface area contributed by atoms with Gasteiger partial charge in [0.1, 0.15) is 0 Å². The van der Waals surface area contributed by atoms with Crippen molar-refractivity contribution in [1.82, 2.24) is 4.90 Å². The lowest BCUT2D eigenvalue weighted by Crippen LogP contribution is -2.50. The summed E-state index contributed by atoms with van der Waals surface area (Å²) in [4.78, 5) is 14.3. The van der Waals surface area contributed by atoms with Gasteiger partial charge in [-0.3, -0.25) is 4.79 Å². The Kier molecular flexibility index (Phi) is 4.99. The molecular formula is C15H20BrNO2. The highest BCUT2D eigenvalue weighted by Gasteiger charge is 2.26. The number of nitrogens with zero attached hydrogens (tertiary/aromatic N) is 1. The van der Waals surface area contributed by atoms with Gasteiger partial charge in [-0.15, -0.1) is 0 Å². The highest BCUT2D eigenvalue weighted by atomic mass is 79.9. The molecule has 1 aliphatic heterocycles. The second-order valence-corrected chi connectivity index (χ2v) is 5.71. The van der Waals surface area contributed by atoms with Crippen LogP contribution in [-0.2, 0) is 16.0 Å². The van der Waals surface area contributed by atoms with Crippen LogP contribution in [0.5, 0.6) is 0 Å². The molecule has 1 aromatic carbocycles. The van der Waals surface area contributed by atoms with Crippen molar-refractivity contribution in [3.8, 4) is 0 Å². The molecule has 1 heterocycles. The van der Waals surface area contributed by atoms with Crippen molar-refractivity contribution in [2.45, 2.75) is 26.3 Å². The first-order valence-corrected chi connectivity index (χ1v) is 7.73. The van der Waals surface area contributed by atoms with Crippen LogP contribution in [0.2, 0.25) is 0 Å². The average molecular weight is 326 g/mol. The molecule has 1 atom stereocenters. The molecule has 1 amide bonds. The van der Waals surface area contributed by atoms with E-state index in [0.717, 1.165) is 10.9 Å². The molecule has 1 aliphatic rings. The Bertz CT molecular complexity index is 461. The van der Waals surface area contributed by atoms with E-state index in [-0.39, 0.29) is 11.9 Å². The lowest BCUT2D eigenvalue weighted by Gasteiger charge is -2.34. The molecule has 2 rings (SSSR count). The van der Waals surface area contributed by atoms with E-state index in [9.17, 15) is 4.79 Å². The maximum absolute atomic E-state index is 12.4. The molecule has 0 saturated carbocycles. The number of halogens is 1. The fourth-order valence-corrected chi connectivity index (χ4v) is 2.84. The van der Waals surface area contributed by atoms with Gasteiger partial charge in [0.25, 0.3) is 0 Å². The molecule has 0 aliphatic carbocycles. The van der Waals surface area contributed by atoms with Crippen molar-refractivity contribution in [2.75, 3.05) is 25.1 Å². The minimum absolute atomic E-state index is 0.160. The van der Waals surface area contributed by atoms with E-state index in [2.05, 4.69) is 41.9 Å². The van der Waals surface area contributed by atoms with Gasteiger partial charge < -0.3 is 9.64 Å². The lowest BCUT2D eigenvalue weighted by atomic mass is 10.0. The summed E-state index contributed by atoms with van der Waals surface area (Å²) in [5.41, 5.74) is 3.60. The molecule has 0 bridgehead atoms. The van der Waals surface area contributed by atoms with Gasteiger partial charge in [-0.25, -0.2) is 0 Å². The van der Waals surface area contributed by atoms with Gasteiger partial charge in [-0.05, 0) is 30.5 Å². The Morgan fingerprint density at radius 2 is 2.21 bits per heavy atom. The molecule has 0 radical (unpaired) electrons. The van der Waals surface area contributed by atoms with Crippen molar-refractivity contribution in [2.24, 2.45) is 0 Å². The smallest absolute Gasteiger partial charge is 0.227 e. The Morgan fingerprint density at radius 3 is 2.89 bits per heavy atom. The van der Waals surface area contributed by atoms with Gasteiger partial charge in [0.15, 0.2) is 0 Å². The van der Waals surface area contributed by atoms with E-state index in [0.29, 0.717) is 26.2 Å². The van der Waals surface area contributed by atoms with Crippen LogP contribution in [0, 0.1) is 13.8 Å². The normalized spacial score (nSPS) is 19.5. The fraction of sp³-hybridized carbons (Fsp3) is 0.533. The number of aryl methyl sites for hydroxylation is 2. The van der Waals surface area contributed by atoms with Crippen molar-refractivity contribution in [3.05, 3.63) is 34.9 Å². The summed E-state index contributed by atoms with van der Waals surface area (Å²) in [5.74, 6) is 0.191. The number of ether oxygens (including phenoxy) is 1. The first-order chi connectivity index (χ1) is 9.11. The van der Waals surface area contributed by atoms with E-state index in [4.69, 9.17) is 4.74 Å². The van der Waals surface area contributed by atoms with Gasteiger partial charge in [0.2, 0.25) is 5.91 Å². The highest BCUT2D eigenvalue weighted by Crippen LogP contribution is 2.14. The number of benzene rings is 1. The zero-order chi connectivity index (χ0) is 13.8. The minimum atomic E-state index is 0.160. The lowest BCUT2D eigenvalue weighted by molar-refractivity contribution is -0.138. The predicted octanol–water partition coefficient (Wildman–Crippen LogP) is 2.47. The number of rotatable bonds is 3. The van der Waals surface area contributed by atoms with Crippen molar-refractivity contribution in [3.63, 3.8) is 0 Å². The van der Waals surface area contributed by atoms with Gasteiger partial charge in [0, 0.05) is 11.9 Å². The molecule has 1 fully saturated rings. The first-order valence-electron chi connectivity index (χ1n) is 6.61. The molecule has 4 heteroatoms. The molecule has 1 unspecified atom stereocenters. The molecule has 1 saturated heterocycles. The third-order valence-corrected chi connectivity index (χ3v) is 4.40. The first kappa shape index (κ1) is 14.5. The molecule has 3 nitrogen and oxygen atoms in total. The van der Waals surface area contributed by atoms with Crippen LogP contribution >= 0.6 is 15.9 Å². The summed E-state index contributed by atoms with van der Waals surface area (Å²) in [6.07, 6.45) is 0.477. The third-order valence-electron chi connectivity index (χ3n) is 3.65. The van der Waals surface area contributed by atoms with Crippen LogP contribution in [-0.4, -0.2) is 41.9 Å². The SMILES string of the molecule is Cc1ccc(CC(=O)N2CCOCC2CBr)cc1C. The summed E-state index contributed by atoms with van der Waals surface area (Å²) in [5, 5.41) is 0.770. The van der Waals surface area contributed by atoms with E-state index < -0.39 is 0 Å². The van der Waals surface area contributed by atoms with Gasteiger partial charge in [-0.1, -0.05) is 34.1 Å². The van der Waals surface area contributed by atoms with Crippen molar-refractivity contribution >= 4 is 21.8 Å². The third kappa shape index (κ3) is 3.57. The van der Waals surface area contributed by atoms with Crippen LogP contribution in [0.1, 0.15) is 16.7 Å². The molecule has 0 aromatic heterocycles. The molecule has 0 spiro atoms. The zero-order valence-corrected chi connectivity index (χ0v) is 13.1. The minimum Gasteiger partial charge on any atom is -0.377 e. The molecule has 0 N–H and O–H groups in total.